The predicted molar refractivity (Wildman–Crippen MR) is 109 cm³/mol. The topological polar surface area (TPSA) is 54.4 Å². The van der Waals surface area contributed by atoms with Crippen molar-refractivity contribution < 1.29 is 4.74 Å². The molecule has 0 bridgehead atoms. The van der Waals surface area contributed by atoms with Gasteiger partial charge in [0.25, 0.3) is 0 Å². The van der Waals surface area contributed by atoms with E-state index in [1.165, 1.54) is 0 Å². The first-order valence-corrected chi connectivity index (χ1v) is 9.88. The Morgan fingerprint density at radius 2 is 1.81 bits per heavy atom. The molecule has 2 aromatic rings. The molecule has 0 unspecified atom stereocenters. The molecule has 6 nitrogen and oxygen atoms in total. The quantitative estimate of drug-likeness (QED) is 0.693. The highest BCUT2D eigenvalue weighted by Gasteiger charge is 2.29. The summed E-state index contributed by atoms with van der Waals surface area (Å²) in [5.74, 6) is 2.00. The monoisotopic (exact) mass is 429 g/mol. The predicted octanol–water partition coefficient (Wildman–Crippen LogP) is 3.44. The molecule has 0 spiro atoms. The van der Waals surface area contributed by atoms with Crippen LogP contribution in [0.5, 0.6) is 5.75 Å². The Bertz CT molecular complexity index is 784. The van der Waals surface area contributed by atoms with Gasteiger partial charge in [-0.15, -0.1) is 0 Å². The molecule has 9 heteroatoms. The third-order valence-electron chi connectivity index (χ3n) is 4.47. The molecule has 0 atom stereocenters. The van der Waals surface area contributed by atoms with E-state index in [0.717, 1.165) is 43.9 Å². The van der Waals surface area contributed by atoms with Gasteiger partial charge in [0.15, 0.2) is 5.82 Å². The lowest BCUT2D eigenvalue weighted by Gasteiger charge is -2.22. The van der Waals surface area contributed by atoms with E-state index < -0.39 is 3.79 Å². The fourth-order valence-electron chi connectivity index (χ4n) is 3.02. The zero-order chi connectivity index (χ0) is 19.4. The maximum absolute atomic E-state index is 6.09. The molecular formula is C18H22Cl3N5O. The largest absolute Gasteiger partial charge is 0.496 e. The van der Waals surface area contributed by atoms with Gasteiger partial charge < -0.3 is 14.5 Å². The van der Waals surface area contributed by atoms with Gasteiger partial charge in [-0.3, -0.25) is 0 Å². The molecule has 27 heavy (non-hydrogen) atoms. The van der Waals surface area contributed by atoms with Gasteiger partial charge in [0.2, 0.25) is 9.74 Å². The lowest BCUT2D eigenvalue weighted by molar-refractivity contribution is 0.360. The molecule has 1 aromatic carbocycles. The summed E-state index contributed by atoms with van der Waals surface area (Å²) in [4.78, 5) is 17.9. The van der Waals surface area contributed by atoms with Crippen LogP contribution in [0, 0.1) is 0 Å². The van der Waals surface area contributed by atoms with Crippen molar-refractivity contribution in [2.24, 2.45) is 0 Å². The number of rotatable bonds is 4. The third-order valence-corrected chi connectivity index (χ3v) is 4.97. The van der Waals surface area contributed by atoms with Crippen molar-refractivity contribution in [3.8, 4) is 5.75 Å². The minimum atomic E-state index is -1.71. The van der Waals surface area contributed by atoms with Crippen molar-refractivity contribution in [1.82, 2.24) is 19.9 Å². The first kappa shape index (κ1) is 20.4. The lowest BCUT2D eigenvalue weighted by atomic mass is 10.1. The Kier molecular flexibility index (Phi) is 6.63. The van der Waals surface area contributed by atoms with E-state index in [1.807, 2.05) is 24.3 Å². The molecule has 1 aromatic heterocycles. The van der Waals surface area contributed by atoms with Crippen LogP contribution in [0.25, 0.3) is 0 Å². The SMILES string of the molecule is COc1ccccc1Cc1nc(N2CCCN(C)CC2)nc(C(Cl)(Cl)Cl)n1. The number of para-hydroxylation sites is 1. The summed E-state index contributed by atoms with van der Waals surface area (Å²) in [6, 6.07) is 7.73. The van der Waals surface area contributed by atoms with Crippen LogP contribution in [0.2, 0.25) is 0 Å². The highest BCUT2D eigenvalue weighted by molar-refractivity contribution is 6.66. The molecule has 1 aliphatic rings. The summed E-state index contributed by atoms with van der Waals surface area (Å²) in [5.41, 5.74) is 0.961. The smallest absolute Gasteiger partial charge is 0.250 e. The first-order valence-electron chi connectivity index (χ1n) is 8.74. The first-order chi connectivity index (χ1) is 12.9. The number of halogens is 3. The molecule has 0 radical (unpaired) electrons. The summed E-state index contributed by atoms with van der Waals surface area (Å²) in [5, 5.41) is 0. The van der Waals surface area contributed by atoms with Gasteiger partial charge in [-0.05, 0) is 26.1 Å². The normalized spacial score (nSPS) is 16.3. The van der Waals surface area contributed by atoms with Crippen LogP contribution in [-0.2, 0) is 10.2 Å². The number of aromatic nitrogens is 3. The average molecular weight is 431 g/mol. The minimum Gasteiger partial charge on any atom is -0.496 e. The van der Waals surface area contributed by atoms with Crippen LogP contribution in [0.3, 0.4) is 0 Å². The van der Waals surface area contributed by atoms with Gasteiger partial charge in [-0.25, -0.2) is 4.98 Å². The Hall–Kier alpha value is -1.34. The van der Waals surface area contributed by atoms with E-state index in [1.54, 1.807) is 7.11 Å². The number of likely N-dealkylation sites (N-methyl/N-ethyl adjacent to an activating group) is 1. The molecule has 1 aliphatic heterocycles. The van der Waals surface area contributed by atoms with E-state index in [9.17, 15) is 0 Å². The second-order valence-electron chi connectivity index (χ2n) is 6.51. The molecule has 0 amide bonds. The number of ether oxygens (including phenoxy) is 1. The highest BCUT2D eigenvalue weighted by atomic mass is 35.6. The average Bonchev–Trinajstić information content (AvgIpc) is 2.86. The molecular weight excluding hydrogens is 409 g/mol. The molecule has 2 heterocycles. The fourth-order valence-corrected chi connectivity index (χ4v) is 3.27. The van der Waals surface area contributed by atoms with Gasteiger partial charge >= 0.3 is 0 Å². The number of methoxy groups -OCH3 is 1. The van der Waals surface area contributed by atoms with E-state index in [4.69, 9.17) is 39.5 Å². The fraction of sp³-hybridized carbons (Fsp3) is 0.500. The van der Waals surface area contributed by atoms with Gasteiger partial charge in [0, 0.05) is 31.6 Å². The summed E-state index contributed by atoms with van der Waals surface area (Å²) in [6.45, 7) is 3.62. The maximum Gasteiger partial charge on any atom is 0.250 e. The second-order valence-corrected chi connectivity index (χ2v) is 8.79. The molecule has 0 N–H and O–H groups in total. The Morgan fingerprint density at radius 3 is 2.56 bits per heavy atom. The Balaban J connectivity index is 1.95. The van der Waals surface area contributed by atoms with Crippen LogP contribution in [0.1, 0.15) is 23.6 Å². The van der Waals surface area contributed by atoms with Gasteiger partial charge in [-0.2, -0.15) is 9.97 Å². The summed E-state index contributed by atoms with van der Waals surface area (Å²) >= 11 is 18.3. The Labute approximate surface area is 174 Å². The second kappa shape index (κ2) is 8.78. The highest BCUT2D eigenvalue weighted by Crippen LogP contribution is 2.36. The van der Waals surface area contributed by atoms with Crippen molar-refractivity contribution in [3.05, 3.63) is 41.5 Å². The van der Waals surface area contributed by atoms with E-state index >= 15 is 0 Å². The van der Waals surface area contributed by atoms with Crippen molar-refractivity contribution in [2.45, 2.75) is 16.6 Å². The molecule has 0 aliphatic carbocycles. The summed E-state index contributed by atoms with van der Waals surface area (Å²) < 4.78 is 3.71. The molecule has 1 saturated heterocycles. The van der Waals surface area contributed by atoms with Crippen molar-refractivity contribution >= 4 is 40.8 Å². The van der Waals surface area contributed by atoms with Gasteiger partial charge in [-0.1, -0.05) is 53.0 Å². The van der Waals surface area contributed by atoms with Crippen molar-refractivity contribution in [1.29, 1.82) is 0 Å². The van der Waals surface area contributed by atoms with E-state index in [-0.39, 0.29) is 5.82 Å². The van der Waals surface area contributed by atoms with Crippen LogP contribution in [0.15, 0.2) is 24.3 Å². The molecule has 0 saturated carbocycles. The molecule has 1 fully saturated rings. The van der Waals surface area contributed by atoms with Crippen LogP contribution < -0.4 is 9.64 Å². The number of benzene rings is 1. The molecule has 146 valence electrons. The summed E-state index contributed by atoms with van der Waals surface area (Å²) in [7, 11) is 3.74. The minimum absolute atomic E-state index is 0.139. The summed E-state index contributed by atoms with van der Waals surface area (Å²) in [6.07, 6.45) is 1.48. The zero-order valence-electron chi connectivity index (χ0n) is 15.3. The van der Waals surface area contributed by atoms with Gasteiger partial charge in [0.1, 0.15) is 11.6 Å². The number of nitrogens with zero attached hydrogens (tertiary/aromatic N) is 5. The van der Waals surface area contributed by atoms with E-state index in [0.29, 0.717) is 18.2 Å². The standard InChI is InChI=1S/C18H22Cl3N5O/c1-25-8-5-9-26(11-10-25)17-23-15(22-16(24-17)18(19,20)21)12-13-6-3-4-7-14(13)27-2/h3-4,6-7H,5,8-12H2,1-2H3. The van der Waals surface area contributed by atoms with E-state index in [2.05, 4.69) is 31.8 Å². The third kappa shape index (κ3) is 5.35. The number of hydrogen-bond acceptors (Lipinski definition) is 6. The number of anilines is 1. The zero-order valence-corrected chi connectivity index (χ0v) is 17.6. The van der Waals surface area contributed by atoms with Crippen molar-refractivity contribution in [2.75, 3.05) is 45.2 Å². The lowest BCUT2D eigenvalue weighted by Crippen LogP contribution is -2.31. The van der Waals surface area contributed by atoms with Gasteiger partial charge in [0.05, 0.1) is 7.11 Å². The van der Waals surface area contributed by atoms with Crippen LogP contribution in [-0.4, -0.2) is 60.2 Å². The molecule has 3 rings (SSSR count). The van der Waals surface area contributed by atoms with Crippen LogP contribution >= 0.6 is 34.8 Å². The van der Waals surface area contributed by atoms with Crippen LogP contribution in [0.4, 0.5) is 5.95 Å². The number of hydrogen-bond donors (Lipinski definition) is 0. The van der Waals surface area contributed by atoms with Crippen molar-refractivity contribution in [3.63, 3.8) is 0 Å². The Morgan fingerprint density at radius 1 is 1.04 bits per heavy atom. The number of alkyl halides is 3. The maximum atomic E-state index is 6.09.